The number of pyridine rings is 1. The number of hydrogen-bond donors (Lipinski definition) is 2. The van der Waals surface area contributed by atoms with Gasteiger partial charge in [-0.05, 0) is 43.2 Å². The molecular formula is C21H21ClFN5. The van der Waals surface area contributed by atoms with Crippen LogP contribution in [-0.2, 0) is 0 Å². The van der Waals surface area contributed by atoms with Gasteiger partial charge in [0.2, 0.25) is 5.95 Å². The maximum Gasteiger partial charge on any atom is 0.225 e. The van der Waals surface area contributed by atoms with Crippen molar-refractivity contribution in [2.45, 2.75) is 38.1 Å². The maximum absolute atomic E-state index is 14.2. The average Bonchev–Trinajstić information content (AvgIpc) is 2.72. The van der Waals surface area contributed by atoms with Crippen molar-refractivity contribution in [2.24, 2.45) is 0 Å². The van der Waals surface area contributed by atoms with Crippen molar-refractivity contribution in [3.63, 3.8) is 0 Å². The van der Waals surface area contributed by atoms with E-state index in [4.69, 9.17) is 11.6 Å². The first-order valence-electron chi connectivity index (χ1n) is 9.45. The fourth-order valence-electron chi connectivity index (χ4n) is 3.40. The Morgan fingerprint density at radius 2 is 1.89 bits per heavy atom. The standard InChI is InChI=1S/C21H21ClFN5/c22-15-8-9-17(23)19(11-15)26-20-12-18(14-5-4-10-24-13-14)27-21(28-20)25-16-6-2-1-3-7-16/h4-5,8-13,16H,1-3,6-7H2,(H2,25,26,27,28). The van der Waals surface area contributed by atoms with Crippen LogP contribution < -0.4 is 10.6 Å². The third-order valence-electron chi connectivity index (χ3n) is 4.81. The van der Waals surface area contributed by atoms with E-state index < -0.39 is 5.82 Å². The number of aromatic nitrogens is 3. The lowest BCUT2D eigenvalue weighted by Crippen LogP contribution is -2.23. The van der Waals surface area contributed by atoms with Gasteiger partial charge in [0.1, 0.15) is 11.6 Å². The molecule has 2 heterocycles. The van der Waals surface area contributed by atoms with Crippen LogP contribution in [-0.4, -0.2) is 21.0 Å². The monoisotopic (exact) mass is 397 g/mol. The molecule has 1 saturated carbocycles. The van der Waals surface area contributed by atoms with Crippen LogP contribution in [0.5, 0.6) is 0 Å². The summed E-state index contributed by atoms with van der Waals surface area (Å²) in [6, 6.07) is 10.3. The summed E-state index contributed by atoms with van der Waals surface area (Å²) in [5.41, 5.74) is 1.85. The summed E-state index contributed by atoms with van der Waals surface area (Å²) in [5, 5.41) is 6.92. The minimum atomic E-state index is -0.396. The quantitative estimate of drug-likeness (QED) is 0.568. The molecule has 7 heteroatoms. The zero-order valence-electron chi connectivity index (χ0n) is 15.3. The van der Waals surface area contributed by atoms with E-state index in [1.807, 2.05) is 12.1 Å². The molecule has 28 heavy (non-hydrogen) atoms. The van der Waals surface area contributed by atoms with Crippen molar-refractivity contribution in [1.82, 2.24) is 15.0 Å². The SMILES string of the molecule is Fc1ccc(Cl)cc1Nc1cc(-c2cccnc2)nc(NC2CCCCC2)n1. The van der Waals surface area contributed by atoms with Crippen LogP contribution in [0.3, 0.4) is 0 Å². The molecule has 1 aliphatic rings. The highest BCUT2D eigenvalue weighted by atomic mass is 35.5. The molecule has 0 unspecified atom stereocenters. The van der Waals surface area contributed by atoms with Crippen molar-refractivity contribution in [1.29, 1.82) is 0 Å². The van der Waals surface area contributed by atoms with E-state index in [1.54, 1.807) is 18.5 Å². The fourth-order valence-corrected chi connectivity index (χ4v) is 3.57. The van der Waals surface area contributed by atoms with Crippen molar-refractivity contribution in [3.05, 3.63) is 59.6 Å². The van der Waals surface area contributed by atoms with E-state index in [-0.39, 0.29) is 5.69 Å². The van der Waals surface area contributed by atoms with Gasteiger partial charge < -0.3 is 10.6 Å². The first-order valence-corrected chi connectivity index (χ1v) is 9.83. The van der Waals surface area contributed by atoms with Gasteiger partial charge >= 0.3 is 0 Å². The van der Waals surface area contributed by atoms with Gasteiger partial charge in [0.15, 0.2) is 0 Å². The Kier molecular flexibility index (Phi) is 5.67. The van der Waals surface area contributed by atoms with Gasteiger partial charge in [-0.1, -0.05) is 30.9 Å². The van der Waals surface area contributed by atoms with E-state index >= 15 is 0 Å². The van der Waals surface area contributed by atoms with Gasteiger partial charge in [0, 0.05) is 35.1 Å². The van der Waals surface area contributed by atoms with Gasteiger partial charge in [0.05, 0.1) is 11.4 Å². The average molecular weight is 398 g/mol. The number of anilines is 3. The lowest BCUT2D eigenvalue weighted by Gasteiger charge is -2.23. The third-order valence-corrected chi connectivity index (χ3v) is 5.05. The number of nitrogens with one attached hydrogen (secondary N) is 2. The van der Waals surface area contributed by atoms with Crippen molar-refractivity contribution in [2.75, 3.05) is 10.6 Å². The summed E-state index contributed by atoms with van der Waals surface area (Å²) in [6.07, 6.45) is 9.36. The molecule has 2 aromatic heterocycles. The molecule has 2 N–H and O–H groups in total. The molecule has 1 aliphatic carbocycles. The lowest BCUT2D eigenvalue weighted by atomic mass is 9.96. The largest absolute Gasteiger partial charge is 0.351 e. The second kappa shape index (κ2) is 8.52. The number of nitrogens with zero attached hydrogens (tertiary/aromatic N) is 3. The Morgan fingerprint density at radius 3 is 2.68 bits per heavy atom. The van der Waals surface area contributed by atoms with Crippen LogP contribution in [0.2, 0.25) is 5.02 Å². The Bertz CT molecular complexity index is 945. The van der Waals surface area contributed by atoms with E-state index in [1.165, 1.54) is 37.5 Å². The third kappa shape index (κ3) is 4.57. The van der Waals surface area contributed by atoms with E-state index in [2.05, 4.69) is 25.6 Å². The highest BCUT2D eigenvalue weighted by molar-refractivity contribution is 6.30. The second-order valence-electron chi connectivity index (χ2n) is 6.93. The van der Waals surface area contributed by atoms with Crippen LogP contribution in [0.1, 0.15) is 32.1 Å². The Morgan fingerprint density at radius 1 is 1.04 bits per heavy atom. The van der Waals surface area contributed by atoms with Crippen LogP contribution in [0.4, 0.5) is 21.8 Å². The van der Waals surface area contributed by atoms with Crippen molar-refractivity contribution >= 4 is 29.1 Å². The van der Waals surface area contributed by atoms with Gasteiger partial charge in [-0.2, -0.15) is 4.98 Å². The minimum absolute atomic E-state index is 0.270. The molecule has 5 nitrogen and oxygen atoms in total. The summed E-state index contributed by atoms with van der Waals surface area (Å²) < 4.78 is 14.2. The summed E-state index contributed by atoms with van der Waals surface area (Å²) in [4.78, 5) is 13.4. The molecule has 0 radical (unpaired) electrons. The van der Waals surface area contributed by atoms with Gasteiger partial charge in [-0.15, -0.1) is 0 Å². The first kappa shape index (κ1) is 18.6. The van der Waals surface area contributed by atoms with Crippen molar-refractivity contribution in [3.8, 4) is 11.3 Å². The summed E-state index contributed by atoms with van der Waals surface area (Å²) in [5.74, 6) is 0.624. The zero-order chi connectivity index (χ0) is 19.3. The molecule has 0 bridgehead atoms. The van der Waals surface area contributed by atoms with Crippen molar-refractivity contribution < 1.29 is 4.39 Å². The number of halogens is 2. The smallest absolute Gasteiger partial charge is 0.225 e. The van der Waals surface area contributed by atoms with E-state index in [0.717, 1.165) is 18.4 Å². The van der Waals surface area contributed by atoms with E-state index in [0.29, 0.717) is 28.5 Å². The Labute approximate surface area is 168 Å². The number of benzene rings is 1. The van der Waals surface area contributed by atoms with Gasteiger partial charge in [-0.3, -0.25) is 4.98 Å². The maximum atomic E-state index is 14.2. The highest BCUT2D eigenvalue weighted by Gasteiger charge is 2.16. The molecule has 1 aromatic carbocycles. The number of rotatable bonds is 5. The van der Waals surface area contributed by atoms with Crippen LogP contribution in [0.15, 0.2) is 48.8 Å². The van der Waals surface area contributed by atoms with Crippen LogP contribution in [0, 0.1) is 5.82 Å². The summed E-state index contributed by atoms with van der Waals surface area (Å²) >= 11 is 6.01. The molecule has 4 rings (SSSR count). The minimum Gasteiger partial charge on any atom is -0.351 e. The molecule has 0 aliphatic heterocycles. The highest BCUT2D eigenvalue weighted by Crippen LogP contribution is 2.27. The summed E-state index contributed by atoms with van der Waals surface area (Å²) in [7, 11) is 0. The molecule has 144 valence electrons. The van der Waals surface area contributed by atoms with E-state index in [9.17, 15) is 4.39 Å². The topological polar surface area (TPSA) is 62.7 Å². The van der Waals surface area contributed by atoms with Gasteiger partial charge in [0.25, 0.3) is 0 Å². The Hall–Kier alpha value is -2.73. The zero-order valence-corrected chi connectivity index (χ0v) is 16.1. The Balaban J connectivity index is 1.67. The molecule has 0 saturated heterocycles. The summed E-state index contributed by atoms with van der Waals surface area (Å²) in [6.45, 7) is 0. The predicted octanol–water partition coefficient (Wildman–Crippen LogP) is 5.82. The fraction of sp³-hybridized carbons (Fsp3) is 0.286. The molecule has 0 amide bonds. The first-order chi connectivity index (χ1) is 13.7. The molecule has 0 atom stereocenters. The lowest BCUT2D eigenvalue weighted by molar-refractivity contribution is 0.461. The normalized spacial score (nSPS) is 14.6. The van der Waals surface area contributed by atoms with Crippen LogP contribution >= 0.6 is 11.6 Å². The predicted molar refractivity (Wildman–Crippen MR) is 110 cm³/mol. The molecule has 0 spiro atoms. The molecule has 3 aromatic rings. The second-order valence-corrected chi connectivity index (χ2v) is 7.37. The van der Waals surface area contributed by atoms with Crippen LogP contribution in [0.25, 0.3) is 11.3 Å². The number of hydrogen-bond acceptors (Lipinski definition) is 5. The van der Waals surface area contributed by atoms with Gasteiger partial charge in [-0.25, -0.2) is 9.37 Å². The molecular weight excluding hydrogens is 377 g/mol. The molecule has 1 fully saturated rings.